The molecule has 0 aliphatic carbocycles. The van der Waals surface area contributed by atoms with Crippen LogP contribution in [-0.2, 0) is 6.42 Å². The fourth-order valence-corrected chi connectivity index (χ4v) is 1.96. The Labute approximate surface area is 154 Å². The van der Waals surface area contributed by atoms with Crippen LogP contribution in [0.4, 0.5) is 0 Å². The van der Waals surface area contributed by atoms with Gasteiger partial charge in [-0.25, -0.2) is 0 Å². The highest BCUT2D eigenvalue weighted by molar-refractivity contribution is 14.0. The van der Waals surface area contributed by atoms with E-state index in [2.05, 4.69) is 47.9 Å². The first-order valence-corrected chi connectivity index (χ1v) is 8.61. The fourth-order valence-electron chi connectivity index (χ4n) is 1.61. The summed E-state index contributed by atoms with van der Waals surface area (Å²) in [5.41, 5.74) is 1.27. The van der Waals surface area contributed by atoms with E-state index < -0.39 is 0 Å². The van der Waals surface area contributed by atoms with Crippen LogP contribution >= 0.6 is 47.3 Å². The highest BCUT2D eigenvalue weighted by Gasteiger charge is 2.01. The fraction of sp³-hybridized carbons (Fsp3) is 0.533. The second-order valence-corrected chi connectivity index (χ2v) is 6.28. The van der Waals surface area contributed by atoms with E-state index in [-0.39, 0.29) is 24.0 Å². The number of halogens is 2. The average Bonchev–Trinajstić information content (AvgIpc) is 2.46. The van der Waals surface area contributed by atoms with Crippen LogP contribution in [0.25, 0.3) is 0 Å². The second kappa shape index (κ2) is 12.4. The van der Waals surface area contributed by atoms with E-state index in [1.165, 1.54) is 5.56 Å². The summed E-state index contributed by atoms with van der Waals surface area (Å²) in [4.78, 5) is 4.58. The van der Waals surface area contributed by atoms with Gasteiger partial charge in [-0.3, -0.25) is 4.99 Å². The van der Waals surface area contributed by atoms with Crippen molar-refractivity contribution in [1.82, 2.24) is 10.6 Å². The molecule has 1 rings (SSSR count). The van der Waals surface area contributed by atoms with Crippen molar-refractivity contribution in [2.45, 2.75) is 25.5 Å². The van der Waals surface area contributed by atoms with Crippen LogP contribution in [0.2, 0.25) is 5.02 Å². The Morgan fingerprint density at radius 1 is 1.29 bits per heavy atom. The molecule has 0 aliphatic rings. The van der Waals surface area contributed by atoms with Crippen molar-refractivity contribution in [3.63, 3.8) is 0 Å². The Bertz CT molecular complexity index is 412. The van der Waals surface area contributed by atoms with Gasteiger partial charge in [0.1, 0.15) is 0 Å². The van der Waals surface area contributed by atoms with Crippen LogP contribution in [0.15, 0.2) is 29.3 Å². The quantitative estimate of drug-likeness (QED) is 0.384. The zero-order chi connectivity index (χ0) is 14.8. The minimum absolute atomic E-state index is 0. The normalized spacial score (nSPS) is 12.5. The summed E-state index contributed by atoms with van der Waals surface area (Å²) in [5.74, 6) is 0.891. The van der Waals surface area contributed by atoms with Crippen molar-refractivity contribution in [2.75, 3.05) is 25.9 Å². The van der Waals surface area contributed by atoms with Gasteiger partial charge in [0.15, 0.2) is 5.96 Å². The van der Waals surface area contributed by atoms with Crippen LogP contribution in [0.3, 0.4) is 0 Å². The van der Waals surface area contributed by atoms with E-state index in [0.717, 1.165) is 37.0 Å². The zero-order valence-corrected chi connectivity index (χ0v) is 16.8. The summed E-state index contributed by atoms with van der Waals surface area (Å²) in [6.45, 7) is 6.83. The molecule has 1 aromatic rings. The van der Waals surface area contributed by atoms with E-state index >= 15 is 0 Å². The van der Waals surface area contributed by atoms with Gasteiger partial charge in [0.05, 0.1) is 6.54 Å². The number of nitrogens with one attached hydrogen (secondary N) is 2. The molecule has 120 valence electrons. The lowest BCUT2D eigenvalue weighted by molar-refractivity contribution is 0.796. The molecule has 0 spiro atoms. The SMILES string of the molecule is CCNC(=NCC(C)SC)NCCc1ccc(Cl)cc1.I. The van der Waals surface area contributed by atoms with Gasteiger partial charge < -0.3 is 10.6 Å². The van der Waals surface area contributed by atoms with Gasteiger partial charge in [-0.1, -0.05) is 30.7 Å². The number of benzene rings is 1. The average molecular weight is 442 g/mol. The largest absolute Gasteiger partial charge is 0.357 e. The maximum atomic E-state index is 5.88. The Kier molecular flexibility index (Phi) is 12.3. The lowest BCUT2D eigenvalue weighted by Gasteiger charge is -2.12. The maximum Gasteiger partial charge on any atom is 0.191 e. The lowest BCUT2D eigenvalue weighted by atomic mass is 10.1. The summed E-state index contributed by atoms with van der Waals surface area (Å²) in [7, 11) is 0. The standard InChI is InChI=1S/C15H24ClN3S.HI/c1-4-17-15(19-11-12(2)20-3)18-10-9-13-5-7-14(16)8-6-13;/h5-8,12H,4,9-11H2,1-3H3,(H2,17,18,19);1H. The van der Waals surface area contributed by atoms with Crippen molar-refractivity contribution >= 4 is 53.3 Å². The highest BCUT2D eigenvalue weighted by Crippen LogP contribution is 2.09. The molecule has 2 N–H and O–H groups in total. The van der Waals surface area contributed by atoms with Gasteiger partial charge in [0.2, 0.25) is 0 Å². The van der Waals surface area contributed by atoms with Crippen LogP contribution < -0.4 is 10.6 Å². The molecular weight excluding hydrogens is 417 g/mol. The first-order chi connectivity index (χ1) is 9.65. The molecule has 0 aromatic heterocycles. The van der Waals surface area contributed by atoms with Crippen molar-refractivity contribution in [3.05, 3.63) is 34.9 Å². The van der Waals surface area contributed by atoms with Crippen molar-refractivity contribution in [3.8, 4) is 0 Å². The zero-order valence-electron chi connectivity index (χ0n) is 12.9. The summed E-state index contributed by atoms with van der Waals surface area (Å²) in [6, 6.07) is 7.97. The number of guanidine groups is 1. The van der Waals surface area contributed by atoms with Crippen LogP contribution in [0, 0.1) is 0 Å². The van der Waals surface area contributed by atoms with E-state index in [0.29, 0.717) is 5.25 Å². The van der Waals surface area contributed by atoms with E-state index in [1.807, 2.05) is 23.9 Å². The third-order valence-electron chi connectivity index (χ3n) is 2.87. The van der Waals surface area contributed by atoms with Crippen LogP contribution in [0.5, 0.6) is 0 Å². The predicted molar refractivity (Wildman–Crippen MR) is 108 cm³/mol. The first kappa shape index (κ1) is 20.9. The molecule has 0 saturated heterocycles. The smallest absolute Gasteiger partial charge is 0.191 e. The van der Waals surface area contributed by atoms with Crippen molar-refractivity contribution < 1.29 is 0 Å². The Morgan fingerprint density at radius 3 is 2.52 bits per heavy atom. The van der Waals surface area contributed by atoms with E-state index in [4.69, 9.17) is 11.6 Å². The number of rotatable bonds is 7. The molecule has 1 aromatic carbocycles. The molecule has 0 bridgehead atoms. The maximum absolute atomic E-state index is 5.88. The number of nitrogens with zero attached hydrogens (tertiary/aromatic N) is 1. The Balaban J connectivity index is 0.00000400. The first-order valence-electron chi connectivity index (χ1n) is 6.95. The summed E-state index contributed by atoms with van der Waals surface area (Å²) >= 11 is 7.71. The molecule has 0 amide bonds. The molecule has 1 atom stereocenters. The number of hydrogen-bond donors (Lipinski definition) is 2. The molecule has 0 fully saturated rings. The van der Waals surface area contributed by atoms with Gasteiger partial charge in [-0.2, -0.15) is 11.8 Å². The third-order valence-corrected chi connectivity index (χ3v) is 4.08. The molecular formula is C15H25ClIN3S. The third kappa shape index (κ3) is 9.47. The van der Waals surface area contributed by atoms with Crippen molar-refractivity contribution in [1.29, 1.82) is 0 Å². The predicted octanol–water partition coefficient (Wildman–Crippen LogP) is 3.81. The number of thioether (sulfide) groups is 1. The summed E-state index contributed by atoms with van der Waals surface area (Å²) < 4.78 is 0. The molecule has 21 heavy (non-hydrogen) atoms. The van der Waals surface area contributed by atoms with Gasteiger partial charge in [0, 0.05) is 23.4 Å². The van der Waals surface area contributed by atoms with E-state index in [1.54, 1.807) is 0 Å². The van der Waals surface area contributed by atoms with Crippen molar-refractivity contribution in [2.24, 2.45) is 4.99 Å². The number of aliphatic imine (C=N–C) groups is 1. The molecule has 0 radical (unpaired) electrons. The molecule has 6 heteroatoms. The lowest BCUT2D eigenvalue weighted by Crippen LogP contribution is -2.38. The molecule has 3 nitrogen and oxygen atoms in total. The molecule has 0 heterocycles. The van der Waals surface area contributed by atoms with E-state index in [9.17, 15) is 0 Å². The number of hydrogen-bond acceptors (Lipinski definition) is 2. The van der Waals surface area contributed by atoms with Crippen LogP contribution in [-0.4, -0.2) is 37.1 Å². The molecule has 1 unspecified atom stereocenters. The van der Waals surface area contributed by atoms with Gasteiger partial charge in [-0.15, -0.1) is 24.0 Å². The minimum Gasteiger partial charge on any atom is -0.357 e. The van der Waals surface area contributed by atoms with Gasteiger partial charge in [-0.05, 0) is 37.3 Å². The highest BCUT2D eigenvalue weighted by atomic mass is 127. The summed E-state index contributed by atoms with van der Waals surface area (Å²) in [5, 5.41) is 7.95. The topological polar surface area (TPSA) is 36.4 Å². The molecule has 0 saturated carbocycles. The second-order valence-electron chi connectivity index (χ2n) is 4.57. The minimum atomic E-state index is 0. The Morgan fingerprint density at radius 2 is 1.95 bits per heavy atom. The van der Waals surface area contributed by atoms with Gasteiger partial charge in [0.25, 0.3) is 0 Å². The summed E-state index contributed by atoms with van der Waals surface area (Å²) in [6.07, 6.45) is 3.07. The monoisotopic (exact) mass is 441 g/mol. The van der Waals surface area contributed by atoms with Crippen LogP contribution in [0.1, 0.15) is 19.4 Å². The molecule has 0 aliphatic heterocycles. The Hall–Kier alpha value is -0.140. The van der Waals surface area contributed by atoms with Gasteiger partial charge >= 0.3 is 0 Å².